The number of carboxylic acid groups (broad SMARTS) is 1. The molecule has 0 heterocycles. The van der Waals surface area contributed by atoms with Gasteiger partial charge in [-0.25, -0.2) is 0 Å². The maximum Gasteiger partial charge on any atom is 1.00 e. The Morgan fingerprint density at radius 3 is 2.10 bits per heavy atom. The Hall–Kier alpha value is 1.58. The summed E-state index contributed by atoms with van der Waals surface area (Å²) in [6.45, 7) is -0.303. The molecule has 10 heavy (non-hydrogen) atoms. The van der Waals surface area contributed by atoms with E-state index in [4.69, 9.17) is 0 Å². The van der Waals surface area contributed by atoms with Gasteiger partial charge in [-0.1, -0.05) is 4.32 Å². The minimum atomic E-state index is -1.21. The van der Waals surface area contributed by atoms with Crippen molar-refractivity contribution in [3.63, 3.8) is 0 Å². The maximum absolute atomic E-state index is 9.62. The van der Waals surface area contributed by atoms with E-state index in [9.17, 15) is 9.90 Å². The standard InChI is InChI=1S/C3H5NO2S2.2Na/c5-2(6)1-4-3(7)8;;/h1H2,(H,5,6)(H2,4,7,8);;/q;2*+1/p-2. The molecule has 0 aliphatic heterocycles. The number of carboxylic acids is 1. The van der Waals surface area contributed by atoms with Gasteiger partial charge in [0.05, 0.1) is 12.5 Å². The third-order valence-corrected chi connectivity index (χ3v) is 0.666. The average molecular weight is 195 g/mol. The molecular formula is C3H3NNa2O2S2. The number of hydrogen-bond acceptors (Lipinski definition) is 4. The Labute approximate surface area is 114 Å². The number of nitrogens with one attached hydrogen (secondary N) is 1. The molecule has 1 N–H and O–H groups in total. The Morgan fingerprint density at radius 1 is 1.60 bits per heavy atom. The van der Waals surface area contributed by atoms with Crippen LogP contribution >= 0.6 is 12.2 Å². The monoisotopic (exact) mass is 195 g/mol. The zero-order chi connectivity index (χ0) is 6.57. The van der Waals surface area contributed by atoms with E-state index in [1.54, 1.807) is 0 Å². The van der Waals surface area contributed by atoms with Gasteiger partial charge >= 0.3 is 59.1 Å². The number of carbonyl (C=O) groups is 1. The molecule has 0 aromatic rings. The van der Waals surface area contributed by atoms with Crippen molar-refractivity contribution in [1.82, 2.24) is 5.32 Å². The van der Waals surface area contributed by atoms with E-state index in [-0.39, 0.29) is 70.0 Å². The van der Waals surface area contributed by atoms with Crippen LogP contribution in [-0.2, 0) is 17.4 Å². The van der Waals surface area contributed by atoms with Crippen molar-refractivity contribution in [2.24, 2.45) is 0 Å². The molecule has 0 amide bonds. The van der Waals surface area contributed by atoms with E-state index in [0.29, 0.717) is 0 Å². The average Bonchev–Trinajstić information content (AvgIpc) is 1.61. The first-order valence-corrected chi connectivity index (χ1v) is 2.59. The Balaban J connectivity index is -0.000000245. The van der Waals surface area contributed by atoms with Gasteiger partial charge in [-0.05, 0) is 0 Å². The molecule has 0 aromatic heterocycles. The van der Waals surface area contributed by atoms with Gasteiger partial charge in [-0.2, -0.15) is 0 Å². The van der Waals surface area contributed by atoms with Crippen molar-refractivity contribution in [2.75, 3.05) is 6.54 Å². The first kappa shape index (κ1) is 17.6. The summed E-state index contributed by atoms with van der Waals surface area (Å²) >= 11 is 8.65. The molecule has 0 spiro atoms. The fourth-order valence-corrected chi connectivity index (χ4v) is 0.289. The van der Waals surface area contributed by atoms with Gasteiger partial charge in [0.2, 0.25) is 0 Å². The predicted molar refractivity (Wildman–Crippen MR) is 33.0 cm³/mol. The van der Waals surface area contributed by atoms with E-state index in [1.807, 2.05) is 0 Å². The van der Waals surface area contributed by atoms with Crippen molar-refractivity contribution < 1.29 is 69.0 Å². The van der Waals surface area contributed by atoms with Gasteiger partial charge in [0.1, 0.15) is 0 Å². The minimum Gasteiger partial charge on any atom is -0.548 e. The molecule has 0 aliphatic carbocycles. The van der Waals surface area contributed by atoms with Crippen LogP contribution in [0.15, 0.2) is 0 Å². The van der Waals surface area contributed by atoms with Crippen molar-refractivity contribution in [2.45, 2.75) is 0 Å². The molecule has 0 radical (unpaired) electrons. The predicted octanol–water partition coefficient (Wildman–Crippen LogP) is -7.83. The normalized spacial score (nSPS) is 6.40. The van der Waals surface area contributed by atoms with E-state index in [2.05, 4.69) is 30.2 Å². The van der Waals surface area contributed by atoms with Crippen LogP contribution in [0.4, 0.5) is 0 Å². The maximum atomic E-state index is 9.62. The number of rotatable bonds is 2. The van der Waals surface area contributed by atoms with Crippen LogP contribution in [0.5, 0.6) is 0 Å². The molecule has 0 aliphatic rings. The zero-order valence-electron chi connectivity index (χ0n) is 5.84. The van der Waals surface area contributed by atoms with Crippen LogP contribution in [0, 0.1) is 0 Å². The Morgan fingerprint density at radius 2 is 2.00 bits per heavy atom. The van der Waals surface area contributed by atoms with Crippen molar-refractivity contribution in [3.8, 4) is 0 Å². The summed E-state index contributed by atoms with van der Waals surface area (Å²) in [6, 6.07) is 0. The van der Waals surface area contributed by atoms with Crippen LogP contribution in [0.1, 0.15) is 0 Å². The van der Waals surface area contributed by atoms with Crippen LogP contribution in [0.3, 0.4) is 0 Å². The summed E-state index contributed by atoms with van der Waals surface area (Å²) in [5.41, 5.74) is 0. The van der Waals surface area contributed by atoms with Gasteiger partial charge in [0.15, 0.2) is 0 Å². The molecule has 0 unspecified atom stereocenters. The van der Waals surface area contributed by atoms with Crippen molar-refractivity contribution in [1.29, 1.82) is 0 Å². The largest absolute Gasteiger partial charge is 1.00 e. The molecule has 0 atom stereocenters. The smallest absolute Gasteiger partial charge is 0.548 e. The molecule has 0 saturated carbocycles. The Bertz CT molecular complexity index is 107. The van der Waals surface area contributed by atoms with Gasteiger partial charge in [0.25, 0.3) is 0 Å². The first-order valence-electron chi connectivity index (χ1n) is 1.77. The van der Waals surface area contributed by atoms with Gasteiger partial charge < -0.3 is 40.1 Å². The number of thiocarbonyl (C=S) groups is 1. The Kier molecular flexibility index (Phi) is 18.6. The van der Waals surface area contributed by atoms with Crippen LogP contribution in [0.25, 0.3) is 0 Å². The SMILES string of the molecule is O=C([O-])CNC(=S)[S-].[Na+].[Na+]. The summed E-state index contributed by atoms with van der Waals surface area (Å²) in [6.07, 6.45) is 0. The van der Waals surface area contributed by atoms with E-state index < -0.39 is 5.97 Å². The summed E-state index contributed by atoms with van der Waals surface area (Å²) in [5, 5.41) is 11.9. The third kappa shape index (κ3) is 16.3. The molecule has 0 fully saturated rings. The topological polar surface area (TPSA) is 52.2 Å². The molecule has 3 nitrogen and oxygen atoms in total. The van der Waals surface area contributed by atoms with Gasteiger partial charge in [-0.15, -0.1) is 0 Å². The van der Waals surface area contributed by atoms with Crippen LogP contribution in [-0.4, -0.2) is 16.8 Å². The molecular weight excluding hydrogens is 192 g/mol. The molecule has 46 valence electrons. The summed E-state index contributed by atoms with van der Waals surface area (Å²) in [5.74, 6) is -1.21. The zero-order valence-corrected chi connectivity index (χ0v) is 11.5. The van der Waals surface area contributed by atoms with E-state index in [0.717, 1.165) is 0 Å². The minimum absolute atomic E-state index is 0. The molecule has 0 saturated heterocycles. The second-order valence-corrected chi connectivity index (χ2v) is 2.09. The van der Waals surface area contributed by atoms with Crippen molar-refractivity contribution in [3.05, 3.63) is 0 Å². The number of aliphatic carboxylic acids is 1. The van der Waals surface area contributed by atoms with Gasteiger partial charge in [-0.3, -0.25) is 0 Å². The summed E-state index contributed by atoms with van der Waals surface area (Å²) in [7, 11) is 0. The van der Waals surface area contributed by atoms with Crippen LogP contribution < -0.4 is 69.5 Å². The van der Waals surface area contributed by atoms with E-state index in [1.165, 1.54) is 0 Å². The first-order chi connectivity index (χ1) is 3.63. The van der Waals surface area contributed by atoms with E-state index >= 15 is 0 Å². The molecule has 0 rings (SSSR count). The molecule has 7 heteroatoms. The second kappa shape index (κ2) is 10.6. The molecule has 0 bridgehead atoms. The van der Waals surface area contributed by atoms with Gasteiger partial charge in [0, 0.05) is 0 Å². The fraction of sp³-hybridized carbons (Fsp3) is 0.333. The quantitative estimate of drug-likeness (QED) is 0.269. The summed E-state index contributed by atoms with van der Waals surface area (Å²) < 4.78 is 0.0502. The second-order valence-electron chi connectivity index (χ2n) is 1.01. The fourth-order valence-electron chi connectivity index (χ4n) is 0.144. The third-order valence-electron chi connectivity index (χ3n) is 0.377. The number of hydrogen-bond donors (Lipinski definition) is 1. The molecule has 0 aromatic carbocycles. The number of carbonyl (C=O) groups excluding carboxylic acids is 1. The van der Waals surface area contributed by atoms with Crippen molar-refractivity contribution >= 4 is 35.1 Å². The van der Waals surface area contributed by atoms with Crippen LogP contribution in [0.2, 0.25) is 0 Å². The summed E-state index contributed by atoms with van der Waals surface area (Å²) in [4.78, 5) is 9.62.